The maximum Gasteiger partial charge on any atom is 0.212 e. The Labute approximate surface area is 51.1 Å². The molecule has 1 heterocycles. The van der Waals surface area contributed by atoms with Crippen molar-refractivity contribution in [1.29, 1.82) is 0 Å². The Bertz CT molecular complexity index is 159. The monoisotopic (exact) mass is 126 g/mol. The number of carbonyl (C=O) groups is 1. The molecule has 0 bridgehead atoms. The Morgan fingerprint density at radius 3 is 3.25 bits per heavy atom. The molecule has 3 heteroatoms. The van der Waals surface area contributed by atoms with Crippen LogP contribution in [0.2, 0.25) is 0 Å². The number of nitrogens with one attached hydrogen (secondary N) is 1. The van der Waals surface area contributed by atoms with Gasteiger partial charge in [0, 0.05) is 5.38 Å². The van der Waals surface area contributed by atoms with Crippen LogP contribution in [-0.2, 0) is 4.79 Å². The summed E-state index contributed by atoms with van der Waals surface area (Å²) in [4.78, 5) is 9.75. The lowest BCUT2D eigenvalue weighted by Gasteiger charge is -1.84. The first-order chi connectivity index (χ1) is 3.93. The summed E-state index contributed by atoms with van der Waals surface area (Å²) in [6.45, 7) is 0. The van der Waals surface area contributed by atoms with Gasteiger partial charge >= 0.3 is 0 Å². The second-order valence-electron chi connectivity index (χ2n) is 1.18. The quantitative estimate of drug-likeness (QED) is 0.591. The zero-order chi connectivity index (χ0) is 5.82. The van der Waals surface area contributed by atoms with Crippen LogP contribution in [0.3, 0.4) is 0 Å². The minimum atomic E-state index is 0.652. The lowest BCUT2D eigenvalue weighted by Crippen LogP contribution is -1.88. The Morgan fingerprint density at radius 1 is 1.88 bits per heavy atom. The third kappa shape index (κ3) is 1.07. The fourth-order valence-corrected chi connectivity index (χ4v) is 0.883. The normalized spacial score (nSPS) is 8.50. The van der Waals surface area contributed by atoms with E-state index in [2.05, 4.69) is 10.7 Å². The standard InChI is InChI=1S/C5H4NOS/c7-4-6-5-2-1-3-8-5/h1-2,4H,(H,6,7). The fraction of sp³-hybridized carbons (Fsp3) is 0. The van der Waals surface area contributed by atoms with Crippen molar-refractivity contribution in [3.63, 3.8) is 0 Å². The number of thiophene rings is 1. The topological polar surface area (TPSA) is 29.1 Å². The van der Waals surface area contributed by atoms with Crippen LogP contribution < -0.4 is 5.32 Å². The highest BCUT2D eigenvalue weighted by Gasteiger charge is 1.85. The van der Waals surface area contributed by atoms with E-state index < -0.39 is 0 Å². The molecular formula is C5H4NOS. The molecule has 0 spiro atoms. The molecule has 2 nitrogen and oxygen atoms in total. The highest BCUT2D eigenvalue weighted by atomic mass is 32.1. The number of carbonyl (C=O) groups excluding carboxylic acids is 1. The van der Waals surface area contributed by atoms with Crippen molar-refractivity contribution in [2.75, 3.05) is 5.32 Å². The van der Waals surface area contributed by atoms with Crippen molar-refractivity contribution in [3.8, 4) is 0 Å². The Hall–Kier alpha value is -0.830. The minimum absolute atomic E-state index is 0.652. The minimum Gasteiger partial charge on any atom is -0.320 e. The van der Waals surface area contributed by atoms with Crippen LogP contribution in [0.5, 0.6) is 0 Å². The molecule has 1 N–H and O–H groups in total. The molecule has 1 aromatic heterocycles. The molecule has 0 aliphatic rings. The molecule has 0 saturated carbocycles. The Balaban J connectivity index is 2.62. The number of amides is 1. The molecule has 0 atom stereocenters. The van der Waals surface area contributed by atoms with Gasteiger partial charge in [0.1, 0.15) is 0 Å². The number of anilines is 1. The van der Waals surface area contributed by atoms with E-state index in [1.165, 1.54) is 11.3 Å². The summed E-state index contributed by atoms with van der Waals surface area (Å²) in [6, 6.07) is 3.55. The predicted octanol–water partition coefficient (Wildman–Crippen LogP) is 1.12. The van der Waals surface area contributed by atoms with Gasteiger partial charge in [-0.2, -0.15) is 0 Å². The van der Waals surface area contributed by atoms with Crippen molar-refractivity contribution >= 4 is 22.7 Å². The summed E-state index contributed by atoms with van der Waals surface area (Å²) in [5, 5.41) is 6.16. The third-order valence-corrected chi connectivity index (χ3v) is 1.40. The molecule has 0 aliphatic carbocycles. The average molecular weight is 126 g/mol. The molecule has 0 unspecified atom stereocenters. The summed E-state index contributed by atoms with van der Waals surface area (Å²) < 4.78 is 0. The van der Waals surface area contributed by atoms with Gasteiger partial charge in [-0.3, -0.25) is 4.79 Å². The lowest BCUT2D eigenvalue weighted by molar-refractivity contribution is -0.105. The van der Waals surface area contributed by atoms with E-state index in [0.29, 0.717) is 6.41 Å². The maximum atomic E-state index is 9.75. The van der Waals surface area contributed by atoms with E-state index in [1.807, 2.05) is 0 Å². The summed E-state index contributed by atoms with van der Waals surface area (Å²) in [5.41, 5.74) is 0. The molecular weight excluding hydrogens is 122 g/mol. The zero-order valence-corrected chi connectivity index (χ0v) is 4.87. The van der Waals surface area contributed by atoms with Crippen LogP contribution in [-0.4, -0.2) is 6.41 Å². The van der Waals surface area contributed by atoms with Gasteiger partial charge in [-0.15, -0.1) is 11.3 Å². The van der Waals surface area contributed by atoms with Crippen LogP contribution in [0.4, 0.5) is 5.00 Å². The first-order valence-corrected chi connectivity index (χ1v) is 2.91. The number of hydrogen-bond donors (Lipinski definition) is 1. The molecule has 1 rings (SSSR count). The van der Waals surface area contributed by atoms with Gasteiger partial charge in [0.05, 0.1) is 5.00 Å². The number of hydrogen-bond acceptors (Lipinski definition) is 2. The van der Waals surface area contributed by atoms with Crippen molar-refractivity contribution in [2.24, 2.45) is 0 Å². The van der Waals surface area contributed by atoms with Gasteiger partial charge in [-0.1, -0.05) is 0 Å². The van der Waals surface area contributed by atoms with Crippen molar-refractivity contribution in [3.05, 3.63) is 17.5 Å². The summed E-state index contributed by atoms with van der Waals surface area (Å²) in [7, 11) is 0. The van der Waals surface area contributed by atoms with Gasteiger partial charge in [-0.25, -0.2) is 0 Å². The van der Waals surface area contributed by atoms with E-state index in [1.54, 1.807) is 12.1 Å². The molecule has 1 radical (unpaired) electrons. The Morgan fingerprint density at radius 2 is 2.75 bits per heavy atom. The molecule has 41 valence electrons. The van der Waals surface area contributed by atoms with Gasteiger partial charge < -0.3 is 5.32 Å². The predicted molar refractivity (Wildman–Crippen MR) is 32.8 cm³/mol. The molecule has 0 aromatic carbocycles. The molecule has 0 fully saturated rings. The highest BCUT2D eigenvalue weighted by Crippen LogP contribution is 2.12. The highest BCUT2D eigenvalue weighted by molar-refractivity contribution is 7.13. The molecule has 8 heavy (non-hydrogen) atoms. The smallest absolute Gasteiger partial charge is 0.212 e. The molecule has 1 amide bonds. The summed E-state index contributed by atoms with van der Waals surface area (Å²) in [6.07, 6.45) is 0.652. The van der Waals surface area contributed by atoms with Gasteiger partial charge in [-0.05, 0) is 12.1 Å². The SMILES string of the molecule is O=CNc1cc[c]s1. The van der Waals surface area contributed by atoms with Gasteiger partial charge in [0.2, 0.25) is 6.41 Å². The van der Waals surface area contributed by atoms with E-state index in [0.717, 1.165) is 5.00 Å². The van der Waals surface area contributed by atoms with Gasteiger partial charge in [0.15, 0.2) is 0 Å². The van der Waals surface area contributed by atoms with Crippen molar-refractivity contribution in [2.45, 2.75) is 0 Å². The number of rotatable bonds is 2. The van der Waals surface area contributed by atoms with Crippen molar-refractivity contribution in [1.82, 2.24) is 0 Å². The van der Waals surface area contributed by atoms with E-state index in [4.69, 9.17) is 0 Å². The molecule has 0 aliphatic heterocycles. The maximum absolute atomic E-state index is 9.75. The second-order valence-corrected chi connectivity index (χ2v) is 2.06. The third-order valence-electron chi connectivity index (χ3n) is 0.673. The summed E-state index contributed by atoms with van der Waals surface area (Å²) in [5.74, 6) is 0. The van der Waals surface area contributed by atoms with Crippen LogP contribution in [0.1, 0.15) is 0 Å². The van der Waals surface area contributed by atoms with Crippen LogP contribution >= 0.6 is 11.3 Å². The zero-order valence-electron chi connectivity index (χ0n) is 4.05. The second kappa shape index (κ2) is 2.47. The van der Waals surface area contributed by atoms with Crippen molar-refractivity contribution < 1.29 is 4.79 Å². The van der Waals surface area contributed by atoms with E-state index in [9.17, 15) is 4.79 Å². The van der Waals surface area contributed by atoms with Crippen LogP contribution in [0.15, 0.2) is 12.1 Å². The molecule has 1 aromatic rings. The largest absolute Gasteiger partial charge is 0.320 e. The van der Waals surface area contributed by atoms with Crippen LogP contribution in [0, 0.1) is 5.38 Å². The van der Waals surface area contributed by atoms with Gasteiger partial charge in [0.25, 0.3) is 0 Å². The molecule has 0 saturated heterocycles. The lowest BCUT2D eigenvalue weighted by atomic mass is 10.6. The Kier molecular flexibility index (Phi) is 1.64. The van der Waals surface area contributed by atoms with E-state index in [-0.39, 0.29) is 0 Å². The average Bonchev–Trinajstić information content (AvgIpc) is 2.19. The van der Waals surface area contributed by atoms with E-state index >= 15 is 0 Å². The van der Waals surface area contributed by atoms with Crippen LogP contribution in [0.25, 0.3) is 0 Å². The fourth-order valence-electron chi connectivity index (χ4n) is 0.377. The first kappa shape index (κ1) is 5.31. The summed E-state index contributed by atoms with van der Waals surface area (Å²) >= 11 is 1.38. The first-order valence-electron chi connectivity index (χ1n) is 2.09.